The molecule has 1 unspecified atom stereocenters. The van der Waals surface area contributed by atoms with Crippen molar-refractivity contribution in [1.29, 1.82) is 0 Å². The summed E-state index contributed by atoms with van der Waals surface area (Å²) in [5.41, 5.74) is 0.835. The molecule has 92 valence electrons. The van der Waals surface area contributed by atoms with E-state index in [0.29, 0.717) is 19.0 Å². The molecule has 1 atom stereocenters. The van der Waals surface area contributed by atoms with Crippen molar-refractivity contribution in [2.45, 2.75) is 25.3 Å². The number of hydrogen-bond acceptors (Lipinski definition) is 3. The predicted octanol–water partition coefficient (Wildman–Crippen LogP) is 0.803. The van der Waals surface area contributed by atoms with Crippen LogP contribution in [0.2, 0.25) is 0 Å². The summed E-state index contributed by atoms with van der Waals surface area (Å²) in [6.07, 6.45) is 2.64. The van der Waals surface area contributed by atoms with Gasteiger partial charge in [0.2, 0.25) is 5.91 Å². The summed E-state index contributed by atoms with van der Waals surface area (Å²) in [7, 11) is 0. The average Bonchev–Trinajstić information content (AvgIpc) is 2.79. The highest BCUT2D eigenvalue weighted by atomic mass is 16.3. The van der Waals surface area contributed by atoms with E-state index in [1.165, 1.54) is 6.42 Å². The van der Waals surface area contributed by atoms with E-state index in [0.717, 1.165) is 18.5 Å². The molecule has 1 aromatic carbocycles. The van der Waals surface area contributed by atoms with Crippen molar-refractivity contribution in [3.05, 3.63) is 29.8 Å². The fraction of sp³-hybridized carbons (Fsp3) is 0.462. The summed E-state index contributed by atoms with van der Waals surface area (Å²) < 4.78 is 0. The molecule has 0 radical (unpaired) electrons. The molecule has 1 aliphatic heterocycles. The minimum absolute atomic E-state index is 0.00398. The molecule has 1 amide bonds. The Bertz CT molecular complexity index is 387. The molecule has 0 aromatic heterocycles. The van der Waals surface area contributed by atoms with Gasteiger partial charge in [-0.15, -0.1) is 0 Å². The van der Waals surface area contributed by atoms with E-state index in [1.54, 1.807) is 18.2 Å². The zero-order valence-corrected chi connectivity index (χ0v) is 9.78. The molecule has 1 aliphatic rings. The molecular weight excluding hydrogens is 216 g/mol. The van der Waals surface area contributed by atoms with Crippen LogP contribution >= 0.6 is 0 Å². The van der Waals surface area contributed by atoms with Crippen molar-refractivity contribution >= 4 is 5.91 Å². The van der Waals surface area contributed by atoms with Crippen LogP contribution in [0, 0.1) is 0 Å². The first-order valence-electron chi connectivity index (χ1n) is 6.02. The minimum atomic E-state index is 0.00398. The fourth-order valence-electron chi connectivity index (χ4n) is 2.08. The summed E-state index contributed by atoms with van der Waals surface area (Å²) in [4.78, 5) is 11.7. The van der Waals surface area contributed by atoms with Gasteiger partial charge >= 0.3 is 0 Å². The van der Waals surface area contributed by atoms with E-state index in [-0.39, 0.29) is 11.7 Å². The lowest BCUT2D eigenvalue weighted by molar-refractivity contribution is -0.120. The number of carbonyl (C=O) groups is 1. The zero-order chi connectivity index (χ0) is 12.1. The SMILES string of the molecule is O=C(Cc1cccc(O)c1)NCC1CCCN1. The highest BCUT2D eigenvalue weighted by Crippen LogP contribution is 2.11. The molecule has 1 saturated heterocycles. The third-order valence-corrected chi connectivity index (χ3v) is 2.98. The number of nitrogens with one attached hydrogen (secondary N) is 2. The largest absolute Gasteiger partial charge is 0.508 e. The van der Waals surface area contributed by atoms with Gasteiger partial charge in [0.05, 0.1) is 6.42 Å². The number of amides is 1. The smallest absolute Gasteiger partial charge is 0.224 e. The lowest BCUT2D eigenvalue weighted by Gasteiger charge is -2.11. The number of benzene rings is 1. The lowest BCUT2D eigenvalue weighted by atomic mass is 10.1. The molecule has 17 heavy (non-hydrogen) atoms. The van der Waals surface area contributed by atoms with E-state index in [9.17, 15) is 9.90 Å². The number of hydrogen-bond donors (Lipinski definition) is 3. The molecule has 1 fully saturated rings. The van der Waals surface area contributed by atoms with Crippen LogP contribution in [0.5, 0.6) is 5.75 Å². The zero-order valence-electron chi connectivity index (χ0n) is 9.78. The normalized spacial score (nSPS) is 19.2. The predicted molar refractivity (Wildman–Crippen MR) is 65.8 cm³/mol. The first-order valence-corrected chi connectivity index (χ1v) is 6.02. The van der Waals surface area contributed by atoms with Crippen LogP contribution in [0.15, 0.2) is 24.3 Å². The third-order valence-electron chi connectivity index (χ3n) is 2.98. The second-order valence-electron chi connectivity index (χ2n) is 4.44. The summed E-state index contributed by atoms with van der Waals surface area (Å²) in [5.74, 6) is 0.206. The van der Waals surface area contributed by atoms with Crippen LogP contribution in [-0.4, -0.2) is 30.1 Å². The Kier molecular flexibility index (Phi) is 3.98. The molecule has 0 aliphatic carbocycles. The van der Waals surface area contributed by atoms with Gasteiger partial charge in [-0.2, -0.15) is 0 Å². The minimum Gasteiger partial charge on any atom is -0.508 e. The molecule has 2 rings (SSSR count). The Hall–Kier alpha value is -1.55. The molecule has 0 saturated carbocycles. The van der Waals surface area contributed by atoms with Crippen LogP contribution < -0.4 is 10.6 Å². The number of carbonyl (C=O) groups excluding carboxylic acids is 1. The van der Waals surface area contributed by atoms with E-state index in [4.69, 9.17) is 0 Å². The molecule has 0 bridgehead atoms. The van der Waals surface area contributed by atoms with Crippen LogP contribution in [0.1, 0.15) is 18.4 Å². The highest BCUT2D eigenvalue weighted by molar-refractivity contribution is 5.78. The van der Waals surface area contributed by atoms with Crippen molar-refractivity contribution in [1.82, 2.24) is 10.6 Å². The van der Waals surface area contributed by atoms with Gasteiger partial charge in [0.1, 0.15) is 5.75 Å². The number of rotatable bonds is 4. The van der Waals surface area contributed by atoms with Crippen molar-refractivity contribution in [3.63, 3.8) is 0 Å². The van der Waals surface area contributed by atoms with Crippen molar-refractivity contribution in [2.24, 2.45) is 0 Å². The van der Waals surface area contributed by atoms with Gasteiger partial charge in [0.15, 0.2) is 0 Å². The maximum atomic E-state index is 11.7. The topological polar surface area (TPSA) is 61.4 Å². The van der Waals surface area contributed by atoms with Crippen LogP contribution in [0.25, 0.3) is 0 Å². The average molecular weight is 234 g/mol. The van der Waals surface area contributed by atoms with Gasteiger partial charge in [0.25, 0.3) is 0 Å². The van der Waals surface area contributed by atoms with Gasteiger partial charge in [-0.05, 0) is 37.1 Å². The molecule has 1 aromatic rings. The Labute approximate surface area is 101 Å². The lowest BCUT2D eigenvalue weighted by Crippen LogP contribution is -2.37. The molecule has 4 nitrogen and oxygen atoms in total. The monoisotopic (exact) mass is 234 g/mol. The molecule has 3 N–H and O–H groups in total. The van der Waals surface area contributed by atoms with Crippen molar-refractivity contribution in [2.75, 3.05) is 13.1 Å². The first kappa shape index (κ1) is 11.9. The number of phenolic OH excluding ortho intramolecular Hbond substituents is 1. The quantitative estimate of drug-likeness (QED) is 0.722. The van der Waals surface area contributed by atoms with Gasteiger partial charge in [0, 0.05) is 12.6 Å². The fourth-order valence-corrected chi connectivity index (χ4v) is 2.08. The molecule has 4 heteroatoms. The van der Waals surface area contributed by atoms with Gasteiger partial charge in [-0.3, -0.25) is 4.79 Å². The van der Waals surface area contributed by atoms with Crippen LogP contribution in [0.4, 0.5) is 0 Å². The Morgan fingerprint density at radius 3 is 3.12 bits per heavy atom. The van der Waals surface area contributed by atoms with Gasteiger partial charge in [-0.25, -0.2) is 0 Å². The van der Waals surface area contributed by atoms with E-state index >= 15 is 0 Å². The summed E-state index contributed by atoms with van der Waals surface area (Å²) in [6, 6.07) is 7.23. The summed E-state index contributed by atoms with van der Waals surface area (Å²) in [5, 5.41) is 15.5. The maximum absolute atomic E-state index is 11.7. The van der Waals surface area contributed by atoms with E-state index < -0.39 is 0 Å². The number of aromatic hydroxyl groups is 1. The van der Waals surface area contributed by atoms with Crippen molar-refractivity contribution < 1.29 is 9.90 Å². The van der Waals surface area contributed by atoms with E-state index in [1.807, 2.05) is 6.07 Å². The molecular formula is C13H18N2O2. The van der Waals surface area contributed by atoms with Crippen LogP contribution in [0.3, 0.4) is 0 Å². The third kappa shape index (κ3) is 3.75. The Balaban J connectivity index is 1.76. The maximum Gasteiger partial charge on any atom is 0.224 e. The molecule has 0 spiro atoms. The first-order chi connectivity index (χ1) is 8.24. The van der Waals surface area contributed by atoms with Gasteiger partial charge < -0.3 is 15.7 Å². The summed E-state index contributed by atoms with van der Waals surface area (Å²) >= 11 is 0. The highest BCUT2D eigenvalue weighted by Gasteiger charge is 2.14. The second kappa shape index (κ2) is 5.68. The van der Waals surface area contributed by atoms with E-state index in [2.05, 4.69) is 10.6 Å². The van der Waals surface area contributed by atoms with Gasteiger partial charge in [-0.1, -0.05) is 12.1 Å². The van der Waals surface area contributed by atoms with Crippen LogP contribution in [-0.2, 0) is 11.2 Å². The number of phenols is 1. The Morgan fingerprint density at radius 2 is 2.41 bits per heavy atom. The Morgan fingerprint density at radius 1 is 1.53 bits per heavy atom. The standard InChI is InChI=1S/C13H18N2O2/c16-12-5-1-3-10(7-12)8-13(17)15-9-11-4-2-6-14-11/h1,3,5,7,11,14,16H,2,4,6,8-9H2,(H,15,17). The second-order valence-corrected chi connectivity index (χ2v) is 4.44. The molecule has 1 heterocycles. The summed E-state index contributed by atoms with van der Waals surface area (Å²) in [6.45, 7) is 1.74. The van der Waals surface area contributed by atoms with Crippen molar-refractivity contribution in [3.8, 4) is 5.75 Å².